The van der Waals surface area contributed by atoms with Gasteiger partial charge in [0.1, 0.15) is 0 Å². The summed E-state index contributed by atoms with van der Waals surface area (Å²) in [7, 11) is -4.37. The van der Waals surface area contributed by atoms with Crippen LogP contribution in [0.15, 0.2) is 47.4 Å². The molecule has 30 heavy (non-hydrogen) atoms. The van der Waals surface area contributed by atoms with Gasteiger partial charge >= 0.3 is 6.18 Å². The van der Waals surface area contributed by atoms with Crippen molar-refractivity contribution in [2.45, 2.75) is 43.2 Å². The first-order chi connectivity index (χ1) is 14.1. The van der Waals surface area contributed by atoms with E-state index in [-0.39, 0.29) is 6.54 Å². The number of allylic oxidation sites excluding steroid dienone is 1. The number of sulfonamides is 1. The molecule has 0 radical (unpaired) electrons. The molecule has 1 aromatic rings. The third-order valence-corrected chi connectivity index (χ3v) is 6.82. The summed E-state index contributed by atoms with van der Waals surface area (Å²) in [6.45, 7) is 3.07. The fourth-order valence-corrected chi connectivity index (χ4v) is 4.75. The molecule has 10 heteroatoms. The molecule has 0 fully saturated rings. The van der Waals surface area contributed by atoms with Gasteiger partial charge in [0.25, 0.3) is 0 Å². The summed E-state index contributed by atoms with van der Waals surface area (Å²) in [6, 6.07) is 2.33. The third-order valence-electron chi connectivity index (χ3n) is 4.69. The minimum Gasteiger partial charge on any atom is -0.355 e. The van der Waals surface area contributed by atoms with Crippen LogP contribution in [0.1, 0.15) is 37.7 Å². The van der Waals surface area contributed by atoms with Crippen LogP contribution in [-0.2, 0) is 21.0 Å². The second-order valence-corrected chi connectivity index (χ2v) is 9.28. The summed E-state index contributed by atoms with van der Waals surface area (Å²) in [6.07, 6.45) is 3.59. The molecular formula is C20H24ClF3N2O3S. The number of carbonyl (C=O) groups excluding carboxylic acids is 1. The van der Waals surface area contributed by atoms with E-state index in [1.807, 2.05) is 0 Å². The molecule has 1 N–H and O–H groups in total. The molecule has 0 bridgehead atoms. The van der Waals surface area contributed by atoms with E-state index in [9.17, 15) is 26.4 Å². The summed E-state index contributed by atoms with van der Waals surface area (Å²) in [4.78, 5) is 11.7. The average molecular weight is 465 g/mol. The Morgan fingerprint density at radius 1 is 1.30 bits per heavy atom. The molecule has 0 aliphatic heterocycles. The van der Waals surface area contributed by atoms with E-state index in [1.165, 1.54) is 11.6 Å². The Labute approximate surface area is 179 Å². The standard InChI is InChI=1S/C20H24ClF3N2O3S/c1-2-12-26(14-19(27)25-11-10-15-6-4-3-5-7-15)30(28,29)16-8-9-18(21)17(13-16)20(22,23)24/h2,6,8-9,13H,1,3-5,7,10-12,14H2,(H,25,27). The average Bonchev–Trinajstić information content (AvgIpc) is 2.67. The first-order valence-corrected chi connectivity index (χ1v) is 11.3. The minimum atomic E-state index is -4.81. The van der Waals surface area contributed by atoms with E-state index in [1.54, 1.807) is 0 Å². The lowest BCUT2D eigenvalue weighted by atomic mass is 9.97. The molecule has 166 valence electrons. The molecule has 0 saturated carbocycles. The van der Waals surface area contributed by atoms with Gasteiger partial charge in [0, 0.05) is 13.1 Å². The normalized spacial score (nSPS) is 15.0. The predicted molar refractivity (Wildman–Crippen MR) is 110 cm³/mol. The number of alkyl halides is 3. The van der Waals surface area contributed by atoms with Crippen molar-refractivity contribution in [1.82, 2.24) is 9.62 Å². The molecule has 1 aromatic carbocycles. The number of carbonyl (C=O) groups is 1. The molecule has 1 aliphatic rings. The maximum Gasteiger partial charge on any atom is 0.417 e. The lowest BCUT2D eigenvalue weighted by Crippen LogP contribution is -2.41. The van der Waals surface area contributed by atoms with Crippen LogP contribution in [0.3, 0.4) is 0 Å². The number of amides is 1. The Hall–Kier alpha value is -1.84. The van der Waals surface area contributed by atoms with E-state index in [4.69, 9.17) is 11.6 Å². The first-order valence-electron chi connectivity index (χ1n) is 9.48. The Balaban J connectivity index is 2.11. The van der Waals surface area contributed by atoms with E-state index in [0.717, 1.165) is 42.1 Å². The topological polar surface area (TPSA) is 66.5 Å². The quantitative estimate of drug-likeness (QED) is 0.545. The van der Waals surface area contributed by atoms with Crippen LogP contribution in [0.2, 0.25) is 5.02 Å². The van der Waals surface area contributed by atoms with Crippen LogP contribution in [0, 0.1) is 0 Å². The molecule has 2 rings (SSSR count). The zero-order valence-corrected chi connectivity index (χ0v) is 17.9. The summed E-state index contributed by atoms with van der Waals surface area (Å²) >= 11 is 5.56. The molecule has 1 amide bonds. The predicted octanol–water partition coefficient (Wildman–Crippen LogP) is 4.54. The van der Waals surface area contributed by atoms with Crippen molar-refractivity contribution in [3.8, 4) is 0 Å². The van der Waals surface area contributed by atoms with Crippen molar-refractivity contribution in [2.75, 3.05) is 19.6 Å². The van der Waals surface area contributed by atoms with Crippen molar-refractivity contribution in [1.29, 1.82) is 0 Å². The molecule has 0 saturated heterocycles. The maximum atomic E-state index is 13.1. The second kappa shape index (κ2) is 10.5. The van der Waals surface area contributed by atoms with Crippen LogP contribution < -0.4 is 5.32 Å². The zero-order chi connectivity index (χ0) is 22.4. The fraction of sp³-hybridized carbons (Fsp3) is 0.450. The Kier molecular flexibility index (Phi) is 8.52. The Morgan fingerprint density at radius 3 is 2.63 bits per heavy atom. The van der Waals surface area contributed by atoms with Crippen LogP contribution >= 0.6 is 11.6 Å². The first kappa shape index (κ1) is 24.4. The number of nitrogens with one attached hydrogen (secondary N) is 1. The van der Waals surface area contributed by atoms with Crippen molar-refractivity contribution in [3.63, 3.8) is 0 Å². The molecule has 0 spiro atoms. The van der Waals surface area contributed by atoms with Crippen molar-refractivity contribution in [3.05, 3.63) is 53.1 Å². The lowest BCUT2D eigenvalue weighted by Gasteiger charge is -2.21. The van der Waals surface area contributed by atoms with Gasteiger partial charge in [-0.05, 0) is 50.3 Å². The Bertz CT molecular complexity index is 914. The van der Waals surface area contributed by atoms with Gasteiger partial charge < -0.3 is 5.32 Å². The monoisotopic (exact) mass is 464 g/mol. The van der Waals surface area contributed by atoms with E-state index in [2.05, 4.69) is 18.0 Å². The number of benzene rings is 1. The van der Waals surface area contributed by atoms with Gasteiger partial charge in [0.15, 0.2) is 0 Å². The molecular weight excluding hydrogens is 441 g/mol. The highest BCUT2D eigenvalue weighted by atomic mass is 35.5. The lowest BCUT2D eigenvalue weighted by molar-refractivity contribution is -0.137. The van der Waals surface area contributed by atoms with E-state index in [0.29, 0.717) is 19.0 Å². The van der Waals surface area contributed by atoms with Crippen LogP contribution in [0.25, 0.3) is 0 Å². The molecule has 0 heterocycles. The van der Waals surface area contributed by atoms with Gasteiger partial charge in [-0.15, -0.1) is 6.58 Å². The summed E-state index contributed by atoms with van der Waals surface area (Å²) in [5, 5.41) is 2.06. The Morgan fingerprint density at radius 2 is 2.03 bits per heavy atom. The largest absolute Gasteiger partial charge is 0.417 e. The molecule has 1 aliphatic carbocycles. The van der Waals surface area contributed by atoms with Gasteiger partial charge in [-0.1, -0.05) is 29.3 Å². The number of hydrogen-bond acceptors (Lipinski definition) is 3. The molecule has 0 unspecified atom stereocenters. The SMILES string of the molecule is C=CCN(CC(=O)NCCC1=CCCCC1)S(=O)(=O)c1ccc(Cl)c(C(F)(F)F)c1. The fourth-order valence-electron chi connectivity index (χ4n) is 3.13. The summed E-state index contributed by atoms with van der Waals surface area (Å²) in [5.74, 6) is -0.540. The molecule has 0 atom stereocenters. The van der Waals surface area contributed by atoms with E-state index < -0.39 is 44.1 Å². The zero-order valence-electron chi connectivity index (χ0n) is 16.3. The van der Waals surface area contributed by atoms with E-state index >= 15 is 0 Å². The van der Waals surface area contributed by atoms with Crippen LogP contribution in [0.5, 0.6) is 0 Å². The highest BCUT2D eigenvalue weighted by molar-refractivity contribution is 7.89. The highest BCUT2D eigenvalue weighted by Gasteiger charge is 2.35. The third kappa shape index (κ3) is 6.58. The maximum absolute atomic E-state index is 13.1. The molecule has 0 aromatic heterocycles. The van der Waals surface area contributed by atoms with Gasteiger partial charge in [0.2, 0.25) is 15.9 Å². The number of halogens is 4. The number of rotatable bonds is 9. The number of hydrogen-bond donors (Lipinski definition) is 1. The van der Waals surface area contributed by atoms with Crippen molar-refractivity contribution in [2.24, 2.45) is 0 Å². The summed E-state index contributed by atoms with van der Waals surface area (Å²) in [5.41, 5.74) is 0.00645. The second-order valence-electron chi connectivity index (χ2n) is 6.93. The van der Waals surface area contributed by atoms with Gasteiger partial charge in [-0.25, -0.2) is 8.42 Å². The van der Waals surface area contributed by atoms with Crippen LogP contribution in [0.4, 0.5) is 13.2 Å². The minimum absolute atomic E-state index is 0.231. The molecule has 5 nitrogen and oxygen atoms in total. The van der Waals surface area contributed by atoms with Gasteiger partial charge in [-0.3, -0.25) is 4.79 Å². The summed E-state index contributed by atoms with van der Waals surface area (Å²) < 4.78 is 65.7. The smallest absolute Gasteiger partial charge is 0.355 e. The van der Waals surface area contributed by atoms with Crippen molar-refractivity contribution >= 4 is 27.5 Å². The van der Waals surface area contributed by atoms with Crippen LogP contribution in [-0.4, -0.2) is 38.3 Å². The highest BCUT2D eigenvalue weighted by Crippen LogP contribution is 2.36. The van der Waals surface area contributed by atoms with Crippen molar-refractivity contribution < 1.29 is 26.4 Å². The van der Waals surface area contributed by atoms with Gasteiger partial charge in [-0.2, -0.15) is 17.5 Å². The number of nitrogens with zero attached hydrogens (tertiary/aromatic N) is 1. The van der Waals surface area contributed by atoms with Gasteiger partial charge in [0.05, 0.1) is 22.0 Å².